The van der Waals surface area contributed by atoms with Crippen LogP contribution in [0.5, 0.6) is 0 Å². The van der Waals surface area contributed by atoms with Crippen LogP contribution in [-0.2, 0) is 0 Å². The molecule has 0 N–H and O–H groups in total. The fourth-order valence-corrected chi connectivity index (χ4v) is 7.89. The molecule has 0 bridgehead atoms. The molecule has 9 heteroatoms. The van der Waals surface area contributed by atoms with Crippen LogP contribution in [0.15, 0.2) is 47.2 Å². The number of carbonyl (C=O) groups excluding carboxylic acids is 1. The number of rotatable bonds is 3. The van der Waals surface area contributed by atoms with Gasteiger partial charge in [-0.1, -0.05) is 19.2 Å². The summed E-state index contributed by atoms with van der Waals surface area (Å²) >= 11 is 0. The minimum Gasteiger partial charge on any atom is -0.545 e. The van der Waals surface area contributed by atoms with Gasteiger partial charge in [0.1, 0.15) is 28.0 Å². The van der Waals surface area contributed by atoms with Crippen LogP contribution in [-0.4, -0.2) is 52.5 Å². The predicted molar refractivity (Wildman–Crippen MR) is 135 cm³/mol. The Morgan fingerprint density at radius 1 is 1.08 bits per heavy atom. The predicted octanol–water partition coefficient (Wildman–Crippen LogP) is 3.56. The SMILES string of the molecule is [C-]#[N+]c1c(F)c(F)c(C(=O)[O-])c(C2=C3C=CC(=[N+](C)C)C=C3[Si](C)(C)c3cc(N(C)C)ccc32)c1F. The summed E-state index contributed by atoms with van der Waals surface area (Å²) in [5.74, 6) is -7.15. The Balaban J connectivity index is 2.26. The molecule has 0 amide bonds. The second kappa shape index (κ2) is 8.64. The highest BCUT2D eigenvalue weighted by atomic mass is 28.3. The molecule has 0 saturated carbocycles. The molecule has 0 radical (unpaired) electrons. The number of allylic oxidation sites excluding steroid dienone is 5. The van der Waals surface area contributed by atoms with Gasteiger partial charge in [0, 0.05) is 43.1 Å². The summed E-state index contributed by atoms with van der Waals surface area (Å²) in [6.07, 6.45) is 5.52. The summed E-state index contributed by atoms with van der Waals surface area (Å²) in [6.45, 7) is 11.5. The number of nitrogens with zero attached hydrogens (tertiary/aromatic N) is 3. The largest absolute Gasteiger partial charge is 0.545 e. The van der Waals surface area contributed by atoms with Gasteiger partial charge in [0.2, 0.25) is 0 Å². The van der Waals surface area contributed by atoms with Crippen molar-refractivity contribution in [2.75, 3.05) is 33.1 Å². The van der Waals surface area contributed by atoms with Crippen LogP contribution in [0.4, 0.5) is 24.5 Å². The molecular formula is C27H24F3N3O2Si. The Kier molecular flexibility index (Phi) is 6.05. The molecule has 0 aromatic heterocycles. The van der Waals surface area contributed by atoms with Crippen LogP contribution in [0.1, 0.15) is 21.5 Å². The van der Waals surface area contributed by atoms with Gasteiger partial charge >= 0.3 is 0 Å². The lowest BCUT2D eigenvalue weighted by molar-refractivity contribution is -0.462. The number of fused-ring (bicyclic) bond motifs is 2. The van der Waals surface area contributed by atoms with Crippen molar-refractivity contribution in [3.8, 4) is 0 Å². The molecule has 1 aliphatic heterocycles. The lowest BCUT2D eigenvalue weighted by Gasteiger charge is -2.38. The Hall–Kier alpha value is -3.90. The van der Waals surface area contributed by atoms with E-state index in [0.717, 1.165) is 21.8 Å². The quantitative estimate of drug-likeness (QED) is 0.276. The molecule has 2 aromatic rings. The van der Waals surface area contributed by atoms with Crippen molar-refractivity contribution in [1.82, 2.24) is 0 Å². The van der Waals surface area contributed by atoms with Crippen molar-refractivity contribution in [3.05, 3.63) is 92.8 Å². The third kappa shape index (κ3) is 3.60. The van der Waals surface area contributed by atoms with Crippen LogP contribution in [0, 0.1) is 24.0 Å². The molecule has 4 rings (SSSR count). The summed E-state index contributed by atoms with van der Waals surface area (Å²) < 4.78 is 47.2. The summed E-state index contributed by atoms with van der Waals surface area (Å²) in [5.41, 5.74) is -0.206. The zero-order chi connectivity index (χ0) is 26.7. The molecule has 2 aliphatic rings. The molecule has 0 atom stereocenters. The van der Waals surface area contributed by atoms with Gasteiger partial charge in [-0.15, -0.1) is 0 Å². The van der Waals surface area contributed by atoms with Gasteiger partial charge in [0.15, 0.2) is 17.3 Å². The minimum absolute atomic E-state index is 0.0999. The number of aromatic carboxylic acids is 1. The molecule has 0 fully saturated rings. The Bertz CT molecular complexity index is 1520. The van der Waals surface area contributed by atoms with Gasteiger partial charge in [-0.2, -0.15) is 0 Å². The topological polar surface area (TPSA) is 50.7 Å². The van der Waals surface area contributed by atoms with E-state index in [0.29, 0.717) is 11.1 Å². The molecule has 2 aromatic carbocycles. The van der Waals surface area contributed by atoms with E-state index < -0.39 is 48.3 Å². The molecular weight excluding hydrogens is 483 g/mol. The summed E-state index contributed by atoms with van der Waals surface area (Å²) in [5, 5.41) is 13.8. The monoisotopic (exact) mass is 507 g/mol. The van der Waals surface area contributed by atoms with E-state index in [2.05, 4.69) is 17.9 Å². The molecule has 5 nitrogen and oxygen atoms in total. The van der Waals surface area contributed by atoms with E-state index in [1.54, 1.807) is 24.3 Å². The van der Waals surface area contributed by atoms with Crippen molar-refractivity contribution in [3.63, 3.8) is 0 Å². The minimum atomic E-state index is -2.46. The normalized spacial score (nSPS) is 15.7. The van der Waals surface area contributed by atoms with Gasteiger partial charge < -0.3 is 14.8 Å². The van der Waals surface area contributed by atoms with Gasteiger partial charge in [0.05, 0.1) is 12.5 Å². The van der Waals surface area contributed by atoms with Gasteiger partial charge in [-0.3, -0.25) is 0 Å². The standard InChI is InChI=1S/C27H24F3N3O2Si/c1-31-26-24(29)21(22(27(34)35)23(28)25(26)30)20-16-10-8-14(32(2)3)12-18(16)36(6,7)19-13-15(33(4)5)9-11-17(19)20/h8-13H,2-7H3. The molecule has 0 saturated heterocycles. The van der Waals surface area contributed by atoms with Crippen LogP contribution < -0.4 is 15.2 Å². The summed E-state index contributed by atoms with van der Waals surface area (Å²) in [6, 6.07) is 5.52. The number of halogens is 3. The smallest absolute Gasteiger partial charge is 0.260 e. The highest BCUT2D eigenvalue weighted by molar-refractivity contribution is 6.98. The van der Waals surface area contributed by atoms with Crippen LogP contribution in [0.2, 0.25) is 13.1 Å². The third-order valence-corrected chi connectivity index (χ3v) is 10.3. The molecule has 0 spiro atoms. The lowest BCUT2D eigenvalue weighted by atomic mass is 9.86. The second-order valence-corrected chi connectivity index (χ2v) is 14.0. The Morgan fingerprint density at radius 3 is 2.31 bits per heavy atom. The molecule has 1 aliphatic carbocycles. The second-order valence-electron chi connectivity index (χ2n) is 9.69. The first kappa shape index (κ1) is 25.2. The maximum atomic E-state index is 15.8. The van der Waals surface area contributed by atoms with Gasteiger partial charge in [0.25, 0.3) is 5.69 Å². The highest BCUT2D eigenvalue weighted by Gasteiger charge is 2.42. The fraction of sp³-hybridized carbons (Fsp3) is 0.222. The maximum Gasteiger partial charge on any atom is 0.260 e. The number of hydrogen-bond acceptors (Lipinski definition) is 3. The van der Waals surface area contributed by atoms with E-state index in [1.807, 2.05) is 49.8 Å². The lowest BCUT2D eigenvalue weighted by Crippen LogP contribution is -2.50. The number of carbonyl (C=O) groups is 1. The van der Waals surface area contributed by atoms with E-state index in [4.69, 9.17) is 6.57 Å². The first-order chi connectivity index (χ1) is 16.8. The summed E-state index contributed by atoms with van der Waals surface area (Å²) in [7, 11) is 5.07. The van der Waals surface area contributed by atoms with E-state index in [-0.39, 0.29) is 5.57 Å². The van der Waals surface area contributed by atoms with Crippen molar-refractivity contribution in [2.45, 2.75) is 13.1 Å². The van der Waals surface area contributed by atoms with Crippen molar-refractivity contribution < 1.29 is 27.6 Å². The third-order valence-electron chi connectivity index (χ3n) is 6.79. The van der Waals surface area contributed by atoms with Gasteiger partial charge in [-0.25, -0.2) is 22.6 Å². The molecule has 36 heavy (non-hydrogen) atoms. The average molecular weight is 508 g/mol. The van der Waals surface area contributed by atoms with E-state index in [9.17, 15) is 14.3 Å². The van der Waals surface area contributed by atoms with E-state index in [1.165, 1.54) is 0 Å². The number of carboxylic acids is 1. The number of anilines is 1. The maximum absolute atomic E-state index is 15.8. The first-order valence-electron chi connectivity index (χ1n) is 11.1. The van der Waals surface area contributed by atoms with Crippen molar-refractivity contribution in [1.29, 1.82) is 0 Å². The zero-order valence-corrected chi connectivity index (χ0v) is 21.8. The summed E-state index contributed by atoms with van der Waals surface area (Å²) in [4.78, 5) is 16.8. The Morgan fingerprint density at radius 2 is 1.75 bits per heavy atom. The van der Waals surface area contributed by atoms with Gasteiger partial charge in [-0.05, 0) is 45.3 Å². The fourth-order valence-electron chi connectivity index (χ4n) is 4.82. The Labute approximate surface area is 208 Å². The van der Waals surface area contributed by atoms with Crippen molar-refractivity contribution >= 4 is 41.9 Å². The van der Waals surface area contributed by atoms with Crippen LogP contribution in [0.3, 0.4) is 0 Å². The van der Waals surface area contributed by atoms with Crippen LogP contribution >= 0.6 is 0 Å². The first-order valence-corrected chi connectivity index (χ1v) is 14.1. The molecule has 1 heterocycles. The average Bonchev–Trinajstić information content (AvgIpc) is 2.82. The molecule has 184 valence electrons. The van der Waals surface area contributed by atoms with E-state index >= 15 is 8.78 Å². The van der Waals surface area contributed by atoms with Crippen molar-refractivity contribution in [2.24, 2.45) is 0 Å². The highest BCUT2D eigenvalue weighted by Crippen LogP contribution is 2.45. The number of carboxylic acid groups (broad SMARTS) is 1. The number of benzene rings is 2. The number of hydrogen-bond donors (Lipinski definition) is 0. The van der Waals surface area contributed by atoms with Crippen LogP contribution in [0.25, 0.3) is 10.4 Å². The molecule has 0 unspecified atom stereocenters. The zero-order valence-electron chi connectivity index (χ0n) is 20.8.